The minimum absolute atomic E-state index is 0.0714. The number of nitrogens with one attached hydrogen (secondary N) is 1. The summed E-state index contributed by atoms with van der Waals surface area (Å²) in [7, 11) is 0. The fourth-order valence-electron chi connectivity index (χ4n) is 1.77. The number of benzene rings is 1. The van der Waals surface area contributed by atoms with Crippen LogP contribution in [0.3, 0.4) is 0 Å². The van der Waals surface area contributed by atoms with E-state index in [1.807, 2.05) is 24.4 Å². The molecule has 1 aromatic carbocycles. The third kappa shape index (κ3) is 1.87. The van der Waals surface area contributed by atoms with Crippen molar-refractivity contribution >= 4 is 28.5 Å². The second-order valence-corrected chi connectivity index (χ2v) is 4.29. The largest absolute Gasteiger partial charge is 0.506 e. The Morgan fingerprint density at radius 1 is 1.22 bits per heavy atom. The maximum Gasteiger partial charge on any atom is 0.134 e. The van der Waals surface area contributed by atoms with Gasteiger partial charge < -0.3 is 10.4 Å². The molecule has 0 amide bonds. The number of fused-ring (bicyclic) bond motifs is 1. The van der Waals surface area contributed by atoms with Gasteiger partial charge in [-0.3, -0.25) is 0 Å². The number of hydrogen-bond donors (Lipinski definition) is 2. The van der Waals surface area contributed by atoms with Gasteiger partial charge in [0, 0.05) is 11.9 Å². The molecule has 0 radical (unpaired) electrons. The lowest BCUT2D eigenvalue weighted by Crippen LogP contribution is -1.90. The van der Waals surface area contributed by atoms with Crippen molar-refractivity contribution in [3.8, 4) is 5.75 Å². The SMILES string of the molecule is Oc1ccc(Nc2cnn3ccccc23)cc1Cl. The van der Waals surface area contributed by atoms with Crippen LogP contribution in [0.15, 0.2) is 48.8 Å². The van der Waals surface area contributed by atoms with E-state index in [9.17, 15) is 5.11 Å². The van der Waals surface area contributed by atoms with Crippen molar-refractivity contribution in [1.82, 2.24) is 9.61 Å². The number of rotatable bonds is 2. The van der Waals surface area contributed by atoms with Gasteiger partial charge >= 0.3 is 0 Å². The normalized spacial score (nSPS) is 10.7. The highest BCUT2D eigenvalue weighted by Crippen LogP contribution is 2.28. The Morgan fingerprint density at radius 3 is 2.94 bits per heavy atom. The topological polar surface area (TPSA) is 49.6 Å². The van der Waals surface area contributed by atoms with Gasteiger partial charge in [0.1, 0.15) is 5.75 Å². The molecule has 90 valence electrons. The van der Waals surface area contributed by atoms with Crippen LogP contribution in [0.5, 0.6) is 5.75 Å². The molecule has 0 aliphatic heterocycles. The number of hydrogen-bond acceptors (Lipinski definition) is 3. The van der Waals surface area contributed by atoms with Crippen LogP contribution < -0.4 is 5.32 Å². The molecular formula is C13H10ClN3O. The van der Waals surface area contributed by atoms with Crippen molar-refractivity contribution in [2.24, 2.45) is 0 Å². The van der Waals surface area contributed by atoms with Crippen LogP contribution >= 0.6 is 11.6 Å². The van der Waals surface area contributed by atoms with Gasteiger partial charge in [-0.25, -0.2) is 4.52 Å². The molecule has 0 spiro atoms. The van der Waals surface area contributed by atoms with Gasteiger partial charge in [-0.15, -0.1) is 0 Å². The highest BCUT2D eigenvalue weighted by molar-refractivity contribution is 6.32. The first-order valence-corrected chi connectivity index (χ1v) is 5.80. The van der Waals surface area contributed by atoms with Crippen LogP contribution in [0.25, 0.3) is 5.52 Å². The van der Waals surface area contributed by atoms with Crippen LogP contribution in [0.2, 0.25) is 5.02 Å². The summed E-state index contributed by atoms with van der Waals surface area (Å²) in [5.74, 6) is 0.0714. The van der Waals surface area contributed by atoms with Gasteiger partial charge in [0.25, 0.3) is 0 Å². The zero-order valence-electron chi connectivity index (χ0n) is 9.34. The molecule has 0 unspecified atom stereocenters. The zero-order valence-corrected chi connectivity index (χ0v) is 10.1. The van der Waals surface area contributed by atoms with Gasteiger partial charge in [-0.2, -0.15) is 5.10 Å². The first kappa shape index (κ1) is 10.9. The predicted molar refractivity (Wildman–Crippen MR) is 71.6 cm³/mol. The Morgan fingerprint density at radius 2 is 2.11 bits per heavy atom. The second-order valence-electron chi connectivity index (χ2n) is 3.88. The van der Waals surface area contributed by atoms with Crippen molar-refractivity contribution in [3.05, 3.63) is 53.8 Å². The number of halogens is 1. The van der Waals surface area contributed by atoms with Gasteiger partial charge in [-0.05, 0) is 30.3 Å². The zero-order chi connectivity index (χ0) is 12.5. The smallest absolute Gasteiger partial charge is 0.134 e. The molecule has 2 N–H and O–H groups in total. The van der Waals surface area contributed by atoms with E-state index in [2.05, 4.69) is 10.4 Å². The average Bonchev–Trinajstić information content (AvgIpc) is 2.78. The fraction of sp³-hybridized carbons (Fsp3) is 0. The lowest BCUT2D eigenvalue weighted by molar-refractivity contribution is 0.475. The van der Waals surface area contributed by atoms with E-state index in [0.29, 0.717) is 5.02 Å². The lowest BCUT2D eigenvalue weighted by atomic mass is 10.3. The lowest BCUT2D eigenvalue weighted by Gasteiger charge is -2.05. The molecule has 5 heteroatoms. The Hall–Kier alpha value is -2.20. The molecule has 2 heterocycles. The molecule has 18 heavy (non-hydrogen) atoms. The quantitative estimate of drug-likeness (QED) is 0.693. The minimum Gasteiger partial charge on any atom is -0.506 e. The first-order chi connectivity index (χ1) is 8.74. The molecule has 0 aliphatic rings. The maximum absolute atomic E-state index is 9.37. The molecule has 4 nitrogen and oxygen atoms in total. The minimum atomic E-state index is 0.0714. The van der Waals surface area contributed by atoms with Crippen molar-refractivity contribution in [3.63, 3.8) is 0 Å². The highest BCUT2D eigenvalue weighted by atomic mass is 35.5. The predicted octanol–water partition coefficient (Wildman–Crippen LogP) is 3.44. The van der Waals surface area contributed by atoms with E-state index in [-0.39, 0.29) is 5.75 Å². The number of nitrogens with zero attached hydrogens (tertiary/aromatic N) is 2. The number of aromatic hydroxyl groups is 1. The highest BCUT2D eigenvalue weighted by Gasteiger charge is 2.05. The monoisotopic (exact) mass is 259 g/mol. The molecule has 3 rings (SSSR count). The van der Waals surface area contributed by atoms with E-state index < -0.39 is 0 Å². The van der Waals surface area contributed by atoms with Crippen molar-refractivity contribution in [2.75, 3.05) is 5.32 Å². The van der Waals surface area contributed by atoms with E-state index in [0.717, 1.165) is 16.9 Å². The van der Waals surface area contributed by atoms with Crippen LogP contribution in [0.1, 0.15) is 0 Å². The standard InChI is InChI=1S/C13H10ClN3O/c14-10-7-9(4-5-13(10)18)16-11-8-15-17-6-2-1-3-12(11)17/h1-8,16,18H. The molecule has 0 bridgehead atoms. The van der Waals surface area contributed by atoms with Gasteiger partial charge in [0.2, 0.25) is 0 Å². The number of phenolic OH excluding ortho intramolecular Hbond substituents is 1. The summed E-state index contributed by atoms with van der Waals surface area (Å²) < 4.78 is 1.78. The molecule has 2 aromatic heterocycles. The molecule has 0 fully saturated rings. The van der Waals surface area contributed by atoms with Crippen LogP contribution in [-0.4, -0.2) is 14.7 Å². The Kier molecular flexibility index (Phi) is 2.57. The molecule has 3 aromatic rings. The number of anilines is 2. The molecule has 0 aliphatic carbocycles. The summed E-state index contributed by atoms with van der Waals surface area (Å²) in [6.07, 6.45) is 3.63. The van der Waals surface area contributed by atoms with Crippen LogP contribution in [-0.2, 0) is 0 Å². The third-order valence-electron chi connectivity index (χ3n) is 2.65. The molecule has 0 saturated heterocycles. The number of phenols is 1. The summed E-state index contributed by atoms with van der Waals surface area (Å²) >= 11 is 5.86. The first-order valence-electron chi connectivity index (χ1n) is 5.42. The van der Waals surface area contributed by atoms with Crippen LogP contribution in [0, 0.1) is 0 Å². The summed E-state index contributed by atoms with van der Waals surface area (Å²) in [5.41, 5.74) is 2.66. The fourth-order valence-corrected chi connectivity index (χ4v) is 1.95. The van der Waals surface area contributed by atoms with Crippen molar-refractivity contribution < 1.29 is 5.11 Å². The maximum atomic E-state index is 9.37. The average molecular weight is 260 g/mol. The molecular weight excluding hydrogens is 250 g/mol. The summed E-state index contributed by atoms with van der Waals surface area (Å²) in [5, 5.41) is 17.1. The number of aromatic nitrogens is 2. The van der Waals surface area contributed by atoms with Crippen molar-refractivity contribution in [1.29, 1.82) is 0 Å². The Labute approximate surface area is 108 Å². The van der Waals surface area contributed by atoms with E-state index >= 15 is 0 Å². The molecule has 0 saturated carbocycles. The second kappa shape index (κ2) is 4.23. The van der Waals surface area contributed by atoms with E-state index in [1.54, 1.807) is 28.9 Å². The van der Waals surface area contributed by atoms with Gasteiger partial charge in [0.15, 0.2) is 0 Å². The summed E-state index contributed by atoms with van der Waals surface area (Å²) in [6, 6.07) is 10.8. The Balaban J connectivity index is 1.98. The van der Waals surface area contributed by atoms with Gasteiger partial charge in [0.05, 0.1) is 22.4 Å². The van der Waals surface area contributed by atoms with E-state index in [1.165, 1.54) is 0 Å². The summed E-state index contributed by atoms with van der Waals surface area (Å²) in [4.78, 5) is 0. The van der Waals surface area contributed by atoms with Gasteiger partial charge in [-0.1, -0.05) is 17.7 Å². The molecule has 0 atom stereocenters. The van der Waals surface area contributed by atoms with Crippen molar-refractivity contribution in [2.45, 2.75) is 0 Å². The third-order valence-corrected chi connectivity index (χ3v) is 2.96. The summed E-state index contributed by atoms with van der Waals surface area (Å²) in [6.45, 7) is 0. The number of pyridine rings is 1. The van der Waals surface area contributed by atoms with E-state index in [4.69, 9.17) is 11.6 Å². The Bertz CT molecular complexity index is 708. The van der Waals surface area contributed by atoms with Crippen LogP contribution in [0.4, 0.5) is 11.4 Å².